The van der Waals surface area contributed by atoms with E-state index in [1.165, 1.54) is 0 Å². The SMILES string of the molecule is CCCC1(C(=O)NCC(C)O)CCNC1. The fraction of sp³-hybridized carbons (Fsp3) is 0.909. The van der Waals surface area contributed by atoms with Crippen LogP contribution in [0, 0.1) is 5.41 Å². The van der Waals surface area contributed by atoms with Crippen molar-refractivity contribution in [3.05, 3.63) is 0 Å². The summed E-state index contributed by atoms with van der Waals surface area (Å²) in [5.41, 5.74) is -0.232. The number of aliphatic hydroxyl groups excluding tert-OH is 1. The third-order valence-electron chi connectivity index (χ3n) is 3.01. The van der Waals surface area contributed by atoms with E-state index in [0.29, 0.717) is 6.54 Å². The van der Waals surface area contributed by atoms with Gasteiger partial charge in [-0.25, -0.2) is 0 Å². The molecule has 88 valence electrons. The lowest BCUT2D eigenvalue weighted by atomic mass is 9.81. The number of hydrogen-bond acceptors (Lipinski definition) is 3. The average molecular weight is 214 g/mol. The lowest BCUT2D eigenvalue weighted by molar-refractivity contribution is -0.130. The summed E-state index contributed by atoms with van der Waals surface area (Å²) in [5.74, 6) is 0.0928. The first-order valence-corrected chi connectivity index (χ1v) is 5.78. The third-order valence-corrected chi connectivity index (χ3v) is 3.01. The number of carbonyl (C=O) groups excluding carboxylic acids is 1. The van der Waals surface area contributed by atoms with Gasteiger partial charge in [0, 0.05) is 13.1 Å². The van der Waals surface area contributed by atoms with E-state index in [2.05, 4.69) is 17.6 Å². The minimum absolute atomic E-state index is 0.0928. The summed E-state index contributed by atoms with van der Waals surface area (Å²) in [6, 6.07) is 0. The van der Waals surface area contributed by atoms with Crippen LogP contribution in [0.2, 0.25) is 0 Å². The molecule has 4 heteroatoms. The van der Waals surface area contributed by atoms with Gasteiger partial charge in [-0.05, 0) is 26.3 Å². The quantitative estimate of drug-likeness (QED) is 0.615. The van der Waals surface area contributed by atoms with Gasteiger partial charge in [-0.15, -0.1) is 0 Å². The topological polar surface area (TPSA) is 61.4 Å². The van der Waals surface area contributed by atoms with E-state index in [-0.39, 0.29) is 11.3 Å². The summed E-state index contributed by atoms with van der Waals surface area (Å²) in [4.78, 5) is 12.0. The number of carbonyl (C=O) groups is 1. The Morgan fingerprint density at radius 2 is 2.40 bits per heavy atom. The summed E-state index contributed by atoms with van der Waals surface area (Å²) in [5, 5.41) is 15.2. The molecular formula is C11H22N2O2. The molecule has 3 N–H and O–H groups in total. The van der Waals surface area contributed by atoms with Crippen molar-refractivity contribution in [2.24, 2.45) is 5.41 Å². The van der Waals surface area contributed by atoms with Crippen molar-refractivity contribution in [3.8, 4) is 0 Å². The molecule has 0 aromatic heterocycles. The maximum absolute atomic E-state index is 12.0. The Balaban J connectivity index is 2.51. The summed E-state index contributed by atoms with van der Waals surface area (Å²) in [6.45, 7) is 5.82. The van der Waals surface area contributed by atoms with Crippen LogP contribution in [0.4, 0.5) is 0 Å². The highest BCUT2D eigenvalue weighted by atomic mass is 16.3. The molecule has 1 fully saturated rings. The van der Waals surface area contributed by atoms with Crippen LogP contribution in [-0.2, 0) is 4.79 Å². The summed E-state index contributed by atoms with van der Waals surface area (Å²) < 4.78 is 0. The van der Waals surface area contributed by atoms with Crippen LogP contribution in [0.1, 0.15) is 33.1 Å². The Morgan fingerprint density at radius 1 is 1.67 bits per heavy atom. The lowest BCUT2D eigenvalue weighted by Crippen LogP contribution is -2.44. The van der Waals surface area contributed by atoms with E-state index in [1.54, 1.807) is 6.92 Å². The molecule has 1 saturated heterocycles. The lowest BCUT2D eigenvalue weighted by Gasteiger charge is -2.26. The van der Waals surface area contributed by atoms with Gasteiger partial charge in [0.25, 0.3) is 0 Å². The first kappa shape index (κ1) is 12.5. The zero-order valence-electron chi connectivity index (χ0n) is 9.68. The standard InChI is InChI=1S/C11H22N2O2/c1-3-4-11(5-6-12-8-11)10(15)13-7-9(2)14/h9,12,14H,3-8H2,1-2H3,(H,13,15). The maximum atomic E-state index is 12.0. The highest BCUT2D eigenvalue weighted by Crippen LogP contribution is 2.31. The molecular weight excluding hydrogens is 192 g/mol. The molecule has 15 heavy (non-hydrogen) atoms. The first-order chi connectivity index (χ1) is 7.10. The van der Waals surface area contributed by atoms with Crippen molar-refractivity contribution < 1.29 is 9.90 Å². The first-order valence-electron chi connectivity index (χ1n) is 5.78. The highest BCUT2D eigenvalue weighted by Gasteiger charge is 2.39. The van der Waals surface area contributed by atoms with Gasteiger partial charge in [-0.2, -0.15) is 0 Å². The van der Waals surface area contributed by atoms with Crippen LogP contribution in [-0.4, -0.2) is 36.8 Å². The van der Waals surface area contributed by atoms with Gasteiger partial charge < -0.3 is 15.7 Å². The summed E-state index contributed by atoms with van der Waals surface area (Å²) >= 11 is 0. The molecule has 1 heterocycles. The highest BCUT2D eigenvalue weighted by molar-refractivity contribution is 5.83. The molecule has 2 atom stereocenters. The predicted octanol–water partition coefficient (Wildman–Crippen LogP) is 0.263. The molecule has 0 saturated carbocycles. The summed E-state index contributed by atoms with van der Waals surface area (Å²) in [7, 11) is 0. The molecule has 4 nitrogen and oxygen atoms in total. The second-order valence-electron chi connectivity index (χ2n) is 4.52. The van der Waals surface area contributed by atoms with E-state index >= 15 is 0 Å². The van der Waals surface area contributed by atoms with Crippen molar-refractivity contribution in [2.75, 3.05) is 19.6 Å². The van der Waals surface area contributed by atoms with Crippen molar-refractivity contribution in [3.63, 3.8) is 0 Å². The minimum Gasteiger partial charge on any atom is -0.392 e. The summed E-state index contributed by atoms with van der Waals surface area (Å²) in [6.07, 6.45) is 2.38. The number of hydrogen-bond donors (Lipinski definition) is 3. The number of amides is 1. The smallest absolute Gasteiger partial charge is 0.227 e. The molecule has 2 unspecified atom stereocenters. The van der Waals surface area contributed by atoms with Crippen LogP contribution in [0.15, 0.2) is 0 Å². The Morgan fingerprint density at radius 3 is 2.87 bits per heavy atom. The molecule has 0 aromatic carbocycles. The molecule has 1 aliphatic heterocycles. The second-order valence-corrected chi connectivity index (χ2v) is 4.52. The van der Waals surface area contributed by atoms with Crippen molar-refractivity contribution in [1.82, 2.24) is 10.6 Å². The van der Waals surface area contributed by atoms with Crippen molar-refractivity contribution >= 4 is 5.91 Å². The fourth-order valence-corrected chi connectivity index (χ4v) is 2.17. The number of nitrogens with one attached hydrogen (secondary N) is 2. The zero-order valence-corrected chi connectivity index (χ0v) is 9.68. The molecule has 0 radical (unpaired) electrons. The average Bonchev–Trinajstić information content (AvgIpc) is 2.64. The van der Waals surface area contributed by atoms with Gasteiger partial charge in [0.2, 0.25) is 5.91 Å². The predicted molar refractivity (Wildman–Crippen MR) is 59.5 cm³/mol. The number of aliphatic hydroxyl groups is 1. The normalized spacial score (nSPS) is 27.7. The molecule has 0 aliphatic carbocycles. The van der Waals surface area contributed by atoms with Gasteiger partial charge >= 0.3 is 0 Å². The molecule has 0 aromatic rings. The second kappa shape index (κ2) is 5.47. The minimum atomic E-state index is -0.470. The van der Waals surface area contributed by atoms with E-state index in [0.717, 1.165) is 32.4 Å². The Bertz CT molecular complexity index is 211. The third kappa shape index (κ3) is 3.18. The Kier molecular flexibility index (Phi) is 4.54. The Hall–Kier alpha value is -0.610. The molecule has 1 rings (SSSR count). The van der Waals surface area contributed by atoms with Crippen LogP contribution in [0.5, 0.6) is 0 Å². The molecule has 1 aliphatic rings. The monoisotopic (exact) mass is 214 g/mol. The van der Waals surface area contributed by atoms with Gasteiger partial charge in [0.15, 0.2) is 0 Å². The van der Waals surface area contributed by atoms with E-state index in [9.17, 15) is 4.79 Å². The largest absolute Gasteiger partial charge is 0.392 e. The fourth-order valence-electron chi connectivity index (χ4n) is 2.17. The van der Waals surface area contributed by atoms with Gasteiger partial charge in [0.05, 0.1) is 11.5 Å². The Labute approximate surface area is 91.4 Å². The van der Waals surface area contributed by atoms with E-state index in [4.69, 9.17) is 5.11 Å². The van der Waals surface area contributed by atoms with Crippen molar-refractivity contribution in [2.45, 2.75) is 39.2 Å². The van der Waals surface area contributed by atoms with Crippen LogP contribution in [0.25, 0.3) is 0 Å². The molecule has 0 bridgehead atoms. The molecule has 0 spiro atoms. The van der Waals surface area contributed by atoms with Gasteiger partial charge in [-0.3, -0.25) is 4.79 Å². The van der Waals surface area contributed by atoms with Crippen LogP contribution in [0.3, 0.4) is 0 Å². The van der Waals surface area contributed by atoms with Crippen LogP contribution >= 0.6 is 0 Å². The van der Waals surface area contributed by atoms with Crippen molar-refractivity contribution in [1.29, 1.82) is 0 Å². The maximum Gasteiger partial charge on any atom is 0.227 e. The molecule has 1 amide bonds. The van der Waals surface area contributed by atoms with E-state index < -0.39 is 6.10 Å². The van der Waals surface area contributed by atoms with E-state index in [1.807, 2.05) is 0 Å². The van der Waals surface area contributed by atoms with Crippen LogP contribution < -0.4 is 10.6 Å². The zero-order chi connectivity index (χ0) is 11.3. The number of rotatable bonds is 5. The van der Waals surface area contributed by atoms with Gasteiger partial charge in [-0.1, -0.05) is 13.3 Å². The van der Waals surface area contributed by atoms with Gasteiger partial charge in [0.1, 0.15) is 0 Å².